The third-order valence-electron chi connectivity index (χ3n) is 6.40. The predicted molar refractivity (Wildman–Crippen MR) is 113 cm³/mol. The molecule has 2 aliphatic rings. The number of aliphatic hydroxyl groups excluding tert-OH is 1. The van der Waals surface area contributed by atoms with Crippen LogP contribution in [-0.4, -0.2) is 59.6 Å². The number of benzene rings is 1. The predicted octanol–water partition coefficient (Wildman–Crippen LogP) is 2.47. The number of esters is 1. The first kappa shape index (κ1) is 22.3. The average molecular weight is 417 g/mol. The van der Waals surface area contributed by atoms with E-state index in [1.165, 1.54) is 0 Å². The van der Waals surface area contributed by atoms with Gasteiger partial charge in [0, 0.05) is 31.1 Å². The van der Waals surface area contributed by atoms with E-state index in [1.54, 1.807) is 23.6 Å². The summed E-state index contributed by atoms with van der Waals surface area (Å²) >= 11 is 0. The maximum Gasteiger partial charge on any atom is 0.311 e. The summed E-state index contributed by atoms with van der Waals surface area (Å²) in [4.78, 5) is 42.9. The van der Waals surface area contributed by atoms with Crippen molar-refractivity contribution in [3.8, 4) is 0 Å². The zero-order chi connectivity index (χ0) is 21.9. The summed E-state index contributed by atoms with van der Waals surface area (Å²) in [6, 6.07) is 7.45. The third kappa shape index (κ3) is 3.60. The number of anilines is 1. The van der Waals surface area contributed by atoms with Crippen LogP contribution in [0, 0.1) is 5.92 Å². The number of ether oxygens (including phenoxy) is 1. The van der Waals surface area contributed by atoms with Crippen LogP contribution in [-0.2, 0) is 19.1 Å². The van der Waals surface area contributed by atoms with E-state index in [9.17, 15) is 19.5 Å². The minimum absolute atomic E-state index is 0.112. The van der Waals surface area contributed by atoms with Gasteiger partial charge in [0.1, 0.15) is 5.54 Å². The zero-order valence-electron chi connectivity index (χ0n) is 18.1. The number of unbranched alkanes of at least 4 members (excludes halogenated alkanes) is 2. The van der Waals surface area contributed by atoms with Gasteiger partial charge in [-0.15, -0.1) is 0 Å². The Morgan fingerprint density at radius 2 is 1.97 bits per heavy atom. The fourth-order valence-electron chi connectivity index (χ4n) is 5.00. The molecule has 0 bridgehead atoms. The molecule has 0 unspecified atom stereocenters. The number of carbonyl (C=O) groups is 3. The summed E-state index contributed by atoms with van der Waals surface area (Å²) in [5, 5.41) is 9.57. The van der Waals surface area contributed by atoms with Crippen molar-refractivity contribution in [3.63, 3.8) is 0 Å². The van der Waals surface area contributed by atoms with Crippen LogP contribution in [0.5, 0.6) is 0 Å². The number of likely N-dealkylation sites (tertiary alicyclic amines) is 1. The van der Waals surface area contributed by atoms with Crippen molar-refractivity contribution in [2.24, 2.45) is 5.92 Å². The van der Waals surface area contributed by atoms with E-state index in [4.69, 9.17) is 4.74 Å². The van der Waals surface area contributed by atoms with Gasteiger partial charge in [-0.1, -0.05) is 38.0 Å². The number of amides is 2. The van der Waals surface area contributed by atoms with E-state index >= 15 is 0 Å². The van der Waals surface area contributed by atoms with Crippen LogP contribution in [0.3, 0.4) is 0 Å². The second-order valence-corrected chi connectivity index (χ2v) is 8.18. The van der Waals surface area contributed by atoms with E-state index in [0.717, 1.165) is 24.8 Å². The highest BCUT2D eigenvalue weighted by Crippen LogP contribution is 2.53. The number of rotatable bonds is 8. The summed E-state index contributed by atoms with van der Waals surface area (Å²) < 4.78 is 5.33. The van der Waals surface area contributed by atoms with Crippen molar-refractivity contribution in [1.82, 2.24) is 4.90 Å². The lowest BCUT2D eigenvalue weighted by atomic mass is 9.72. The van der Waals surface area contributed by atoms with Gasteiger partial charge in [-0.3, -0.25) is 14.4 Å². The van der Waals surface area contributed by atoms with Crippen LogP contribution < -0.4 is 4.90 Å². The SMILES string of the molecule is CCCCCC(=O)N1C[C@H](C(=O)OCC)[C@H]2c3ccccc3N(CCO)C(=O)[C@]21C. The fraction of sp³-hybridized carbons (Fsp3) is 0.609. The number of hydrogen-bond acceptors (Lipinski definition) is 5. The van der Waals surface area contributed by atoms with Crippen molar-refractivity contribution in [3.05, 3.63) is 29.8 Å². The van der Waals surface area contributed by atoms with E-state index in [-0.39, 0.29) is 44.1 Å². The quantitative estimate of drug-likeness (QED) is 0.520. The average Bonchev–Trinajstić information content (AvgIpc) is 3.06. The molecular weight excluding hydrogens is 384 g/mol. The Labute approximate surface area is 178 Å². The molecule has 0 aromatic heterocycles. The number of carbonyl (C=O) groups excluding carboxylic acids is 3. The molecule has 164 valence electrons. The molecule has 7 heteroatoms. The van der Waals surface area contributed by atoms with E-state index in [0.29, 0.717) is 12.1 Å². The van der Waals surface area contributed by atoms with E-state index in [1.807, 2.05) is 24.3 Å². The summed E-state index contributed by atoms with van der Waals surface area (Å²) in [5.74, 6) is -1.83. The van der Waals surface area contributed by atoms with Gasteiger partial charge in [-0.25, -0.2) is 0 Å². The molecular formula is C23H32N2O5. The zero-order valence-corrected chi connectivity index (χ0v) is 18.1. The minimum atomic E-state index is -1.19. The molecule has 2 amide bonds. The highest BCUT2D eigenvalue weighted by Gasteiger charge is 2.63. The van der Waals surface area contributed by atoms with Crippen LogP contribution in [0.4, 0.5) is 5.69 Å². The van der Waals surface area contributed by atoms with Gasteiger partial charge in [-0.05, 0) is 31.9 Å². The van der Waals surface area contributed by atoms with Crippen LogP contribution in [0.25, 0.3) is 0 Å². The summed E-state index contributed by atoms with van der Waals surface area (Å²) in [5.41, 5.74) is 0.341. The van der Waals surface area contributed by atoms with Gasteiger partial charge in [0.25, 0.3) is 5.91 Å². The molecule has 1 aromatic carbocycles. The smallest absolute Gasteiger partial charge is 0.311 e. The molecule has 1 fully saturated rings. The first-order valence-electron chi connectivity index (χ1n) is 10.9. The Kier molecular flexibility index (Phi) is 6.81. The minimum Gasteiger partial charge on any atom is -0.466 e. The van der Waals surface area contributed by atoms with Crippen LogP contribution in [0.15, 0.2) is 24.3 Å². The van der Waals surface area contributed by atoms with Crippen LogP contribution >= 0.6 is 0 Å². The second kappa shape index (κ2) is 9.16. The molecule has 3 atom stereocenters. The van der Waals surface area contributed by atoms with Crippen molar-refractivity contribution in [2.75, 3.05) is 31.2 Å². The lowest BCUT2D eigenvalue weighted by Crippen LogP contribution is -2.62. The van der Waals surface area contributed by atoms with Crippen molar-refractivity contribution < 1.29 is 24.2 Å². The maximum absolute atomic E-state index is 13.7. The number of aliphatic hydroxyl groups is 1. The number of hydrogen-bond donors (Lipinski definition) is 1. The maximum atomic E-state index is 13.7. The van der Waals surface area contributed by atoms with Crippen LogP contribution in [0.1, 0.15) is 57.9 Å². The lowest BCUT2D eigenvalue weighted by molar-refractivity contribution is -0.148. The van der Waals surface area contributed by atoms with Gasteiger partial charge in [0.15, 0.2) is 0 Å². The van der Waals surface area contributed by atoms with E-state index in [2.05, 4.69) is 6.92 Å². The van der Waals surface area contributed by atoms with Crippen molar-refractivity contribution in [1.29, 1.82) is 0 Å². The molecule has 2 aliphatic heterocycles. The Hall–Kier alpha value is -2.41. The number of nitrogens with zero attached hydrogens (tertiary/aromatic N) is 2. The van der Waals surface area contributed by atoms with Gasteiger partial charge in [-0.2, -0.15) is 0 Å². The summed E-state index contributed by atoms with van der Waals surface area (Å²) in [7, 11) is 0. The summed E-state index contributed by atoms with van der Waals surface area (Å²) in [6.07, 6.45) is 3.03. The Morgan fingerprint density at radius 1 is 1.23 bits per heavy atom. The molecule has 1 N–H and O–H groups in total. The molecule has 1 aromatic rings. The standard InChI is InChI=1S/C23H32N2O5/c1-4-6-7-12-19(27)25-15-17(21(28)30-5-2)20-16-10-8-9-11-18(16)24(13-14-26)22(29)23(20,25)3/h8-11,17,20,26H,4-7,12-15H2,1-3H3/t17-,20+,23-/m0/s1. The molecule has 7 nitrogen and oxygen atoms in total. The van der Waals surface area contributed by atoms with Gasteiger partial charge in [0.05, 0.1) is 19.1 Å². The molecule has 0 aliphatic carbocycles. The highest BCUT2D eigenvalue weighted by molar-refractivity contribution is 6.07. The van der Waals surface area contributed by atoms with Gasteiger partial charge < -0.3 is 19.6 Å². The molecule has 1 saturated heterocycles. The molecule has 0 saturated carbocycles. The second-order valence-electron chi connectivity index (χ2n) is 8.18. The van der Waals surface area contributed by atoms with Crippen LogP contribution in [0.2, 0.25) is 0 Å². The van der Waals surface area contributed by atoms with Gasteiger partial charge in [0.2, 0.25) is 5.91 Å². The molecule has 3 rings (SSSR count). The number of fused-ring (bicyclic) bond motifs is 3. The Morgan fingerprint density at radius 3 is 2.63 bits per heavy atom. The monoisotopic (exact) mass is 416 g/mol. The van der Waals surface area contributed by atoms with Gasteiger partial charge >= 0.3 is 5.97 Å². The number of β-amino-alcohol motifs (C(OH)–C–C–N with tert-alkyl or cyclic N) is 1. The first-order chi connectivity index (χ1) is 14.4. The largest absolute Gasteiger partial charge is 0.466 e. The fourth-order valence-corrected chi connectivity index (χ4v) is 5.00. The molecule has 2 heterocycles. The van der Waals surface area contributed by atoms with Crippen molar-refractivity contribution in [2.45, 2.75) is 57.9 Å². The molecule has 30 heavy (non-hydrogen) atoms. The molecule has 0 spiro atoms. The van der Waals surface area contributed by atoms with Crippen molar-refractivity contribution >= 4 is 23.5 Å². The lowest BCUT2D eigenvalue weighted by Gasteiger charge is -2.46. The normalized spacial score (nSPS) is 25.1. The number of para-hydroxylation sites is 1. The topological polar surface area (TPSA) is 87.2 Å². The third-order valence-corrected chi connectivity index (χ3v) is 6.40. The molecule has 0 radical (unpaired) electrons. The van der Waals surface area contributed by atoms with E-state index < -0.39 is 17.4 Å². The Bertz CT molecular complexity index is 811. The Balaban J connectivity index is 2.09. The highest BCUT2D eigenvalue weighted by atomic mass is 16.5. The first-order valence-corrected chi connectivity index (χ1v) is 10.9. The summed E-state index contributed by atoms with van der Waals surface area (Å²) in [6.45, 7) is 5.95.